The predicted octanol–water partition coefficient (Wildman–Crippen LogP) is 2.62. The summed E-state index contributed by atoms with van der Waals surface area (Å²) in [6, 6.07) is 12.3. The molecule has 0 heterocycles. The van der Waals surface area contributed by atoms with Crippen LogP contribution >= 0.6 is 0 Å². The highest BCUT2D eigenvalue weighted by Gasteiger charge is 2.14. The van der Waals surface area contributed by atoms with Crippen LogP contribution in [0.15, 0.2) is 48.5 Å². The van der Waals surface area contributed by atoms with Crippen LogP contribution in [0.25, 0.3) is 0 Å². The van der Waals surface area contributed by atoms with Crippen molar-refractivity contribution < 1.29 is 19.0 Å². The van der Waals surface area contributed by atoms with E-state index in [-0.39, 0.29) is 24.0 Å². The Morgan fingerprint density at radius 1 is 1.24 bits per heavy atom. The Kier molecular flexibility index (Phi) is 4.77. The molecule has 0 saturated carbocycles. The first-order valence-corrected chi connectivity index (χ1v) is 6.53. The van der Waals surface area contributed by atoms with Gasteiger partial charge in [0.1, 0.15) is 17.3 Å². The molecule has 2 aromatic rings. The number of carbonyl (C=O) groups is 1. The van der Waals surface area contributed by atoms with E-state index in [9.17, 15) is 9.18 Å². The van der Waals surface area contributed by atoms with Gasteiger partial charge < -0.3 is 15.2 Å². The maximum Gasteiger partial charge on any atom is 0.261 e. The van der Waals surface area contributed by atoms with Crippen LogP contribution in [0.3, 0.4) is 0 Å². The Morgan fingerprint density at radius 2 is 1.90 bits per heavy atom. The van der Waals surface area contributed by atoms with Crippen LogP contribution in [-0.4, -0.2) is 17.1 Å². The summed E-state index contributed by atoms with van der Waals surface area (Å²) in [7, 11) is 0. The number of rotatable bonds is 5. The Morgan fingerprint density at radius 3 is 2.57 bits per heavy atom. The molecule has 0 aliphatic rings. The first kappa shape index (κ1) is 14.8. The van der Waals surface area contributed by atoms with Crippen molar-refractivity contribution in [3.05, 3.63) is 59.9 Å². The number of hydrogen-bond donors (Lipinski definition) is 2. The third-order valence-corrected chi connectivity index (χ3v) is 2.93. The van der Waals surface area contributed by atoms with Crippen molar-refractivity contribution in [3.63, 3.8) is 0 Å². The van der Waals surface area contributed by atoms with Gasteiger partial charge in [-0.25, -0.2) is 4.39 Å². The average molecular weight is 289 g/mol. The van der Waals surface area contributed by atoms with Crippen LogP contribution in [0.2, 0.25) is 0 Å². The van der Waals surface area contributed by atoms with Crippen LogP contribution in [0, 0.1) is 5.82 Å². The normalized spacial score (nSPS) is 11.7. The lowest BCUT2D eigenvalue weighted by Crippen LogP contribution is -2.36. The molecule has 21 heavy (non-hydrogen) atoms. The zero-order valence-electron chi connectivity index (χ0n) is 11.5. The summed E-state index contributed by atoms with van der Waals surface area (Å²) in [5.41, 5.74) is 0.419. The largest absolute Gasteiger partial charge is 0.508 e. The van der Waals surface area contributed by atoms with Gasteiger partial charge in [-0.1, -0.05) is 18.2 Å². The Hall–Kier alpha value is -2.56. The lowest BCUT2D eigenvalue weighted by molar-refractivity contribution is -0.127. The number of phenols is 1. The molecular formula is C16H16FNO3. The molecule has 2 aromatic carbocycles. The Balaban J connectivity index is 1.88. The zero-order chi connectivity index (χ0) is 15.2. The van der Waals surface area contributed by atoms with Crippen LogP contribution < -0.4 is 10.1 Å². The minimum absolute atomic E-state index is 0.106. The van der Waals surface area contributed by atoms with Crippen LogP contribution in [0.5, 0.6) is 11.5 Å². The molecule has 1 unspecified atom stereocenters. The highest BCUT2D eigenvalue weighted by atomic mass is 19.1. The fourth-order valence-corrected chi connectivity index (χ4v) is 1.75. The summed E-state index contributed by atoms with van der Waals surface area (Å²) in [5, 5.41) is 11.8. The van der Waals surface area contributed by atoms with Gasteiger partial charge >= 0.3 is 0 Å². The van der Waals surface area contributed by atoms with E-state index in [1.165, 1.54) is 18.2 Å². The molecule has 1 amide bonds. The molecule has 110 valence electrons. The van der Waals surface area contributed by atoms with Crippen molar-refractivity contribution in [1.29, 1.82) is 0 Å². The van der Waals surface area contributed by atoms with Crippen LogP contribution in [0.4, 0.5) is 4.39 Å². The summed E-state index contributed by atoms with van der Waals surface area (Å²) in [6.07, 6.45) is -0.721. The second kappa shape index (κ2) is 6.74. The van der Waals surface area contributed by atoms with E-state index in [1.54, 1.807) is 37.3 Å². The number of amides is 1. The van der Waals surface area contributed by atoms with E-state index in [4.69, 9.17) is 9.84 Å². The highest BCUT2D eigenvalue weighted by Crippen LogP contribution is 2.17. The number of ether oxygens (including phenoxy) is 1. The summed E-state index contributed by atoms with van der Waals surface area (Å²) in [6.45, 7) is 1.71. The summed E-state index contributed by atoms with van der Waals surface area (Å²) >= 11 is 0. The summed E-state index contributed by atoms with van der Waals surface area (Å²) in [5.74, 6) is -0.100. The van der Waals surface area contributed by atoms with Gasteiger partial charge in [0, 0.05) is 12.1 Å². The maximum absolute atomic E-state index is 13.4. The molecule has 2 rings (SSSR count). The molecule has 0 spiro atoms. The fourth-order valence-electron chi connectivity index (χ4n) is 1.75. The molecule has 2 N–H and O–H groups in total. The van der Waals surface area contributed by atoms with Crippen LogP contribution in [0.1, 0.15) is 12.5 Å². The summed E-state index contributed by atoms with van der Waals surface area (Å²) in [4.78, 5) is 11.9. The van der Waals surface area contributed by atoms with Gasteiger partial charge in [-0.05, 0) is 37.3 Å². The number of phenolic OH excluding ortho intramolecular Hbond substituents is 1. The van der Waals surface area contributed by atoms with E-state index in [0.717, 1.165) is 0 Å². The van der Waals surface area contributed by atoms with E-state index < -0.39 is 6.10 Å². The number of nitrogens with one attached hydrogen (secondary N) is 1. The van der Waals surface area contributed by atoms with E-state index in [1.807, 2.05) is 0 Å². The monoisotopic (exact) mass is 289 g/mol. The van der Waals surface area contributed by atoms with Crippen molar-refractivity contribution in [3.8, 4) is 11.5 Å². The smallest absolute Gasteiger partial charge is 0.261 e. The molecule has 0 aliphatic carbocycles. The van der Waals surface area contributed by atoms with E-state index in [0.29, 0.717) is 11.3 Å². The second-order valence-electron chi connectivity index (χ2n) is 4.56. The molecule has 1 atom stereocenters. The van der Waals surface area contributed by atoms with Gasteiger partial charge in [-0.3, -0.25) is 4.79 Å². The number of halogens is 1. The molecule has 5 heteroatoms. The first-order chi connectivity index (χ1) is 10.1. The van der Waals surface area contributed by atoms with E-state index >= 15 is 0 Å². The van der Waals surface area contributed by atoms with Crippen molar-refractivity contribution in [2.45, 2.75) is 19.6 Å². The van der Waals surface area contributed by atoms with Gasteiger partial charge in [0.2, 0.25) is 0 Å². The van der Waals surface area contributed by atoms with Crippen molar-refractivity contribution in [1.82, 2.24) is 5.32 Å². The third-order valence-electron chi connectivity index (χ3n) is 2.93. The van der Waals surface area contributed by atoms with Crippen molar-refractivity contribution in [2.24, 2.45) is 0 Å². The standard InChI is InChI=1S/C16H16FNO3/c1-11(21-14-8-6-13(19)7-9-14)16(20)18-10-12-4-2-3-5-15(12)17/h2-9,11,19H,10H2,1H3,(H,18,20). The summed E-state index contributed by atoms with van der Waals surface area (Å²) < 4.78 is 18.9. The number of hydrogen-bond acceptors (Lipinski definition) is 3. The van der Waals surface area contributed by atoms with Gasteiger partial charge in [0.15, 0.2) is 6.10 Å². The number of aromatic hydroxyl groups is 1. The average Bonchev–Trinajstić information content (AvgIpc) is 2.48. The Labute approximate surface area is 122 Å². The lowest BCUT2D eigenvalue weighted by Gasteiger charge is -2.15. The first-order valence-electron chi connectivity index (χ1n) is 6.53. The molecule has 0 aliphatic heterocycles. The van der Waals surface area contributed by atoms with Gasteiger partial charge in [0.25, 0.3) is 5.91 Å². The fraction of sp³-hybridized carbons (Fsp3) is 0.188. The topological polar surface area (TPSA) is 58.6 Å². The maximum atomic E-state index is 13.4. The molecule has 0 fully saturated rings. The number of carbonyl (C=O) groups excluding carboxylic acids is 1. The van der Waals surface area contributed by atoms with Gasteiger partial charge in [-0.15, -0.1) is 0 Å². The Bertz CT molecular complexity index is 613. The molecule has 0 aromatic heterocycles. The molecule has 0 bridgehead atoms. The van der Waals surface area contributed by atoms with E-state index in [2.05, 4.69) is 5.32 Å². The second-order valence-corrected chi connectivity index (χ2v) is 4.56. The minimum Gasteiger partial charge on any atom is -0.508 e. The van der Waals surface area contributed by atoms with Gasteiger partial charge in [-0.2, -0.15) is 0 Å². The predicted molar refractivity (Wildman–Crippen MR) is 76.4 cm³/mol. The molecule has 4 nitrogen and oxygen atoms in total. The minimum atomic E-state index is -0.721. The quantitative estimate of drug-likeness (QED) is 0.889. The SMILES string of the molecule is CC(Oc1ccc(O)cc1)C(=O)NCc1ccccc1F. The molecular weight excluding hydrogens is 273 g/mol. The third kappa shape index (κ3) is 4.21. The molecule has 0 radical (unpaired) electrons. The highest BCUT2D eigenvalue weighted by molar-refractivity contribution is 5.80. The van der Waals surface area contributed by atoms with Crippen molar-refractivity contribution >= 4 is 5.91 Å². The van der Waals surface area contributed by atoms with Gasteiger partial charge in [0.05, 0.1) is 0 Å². The van der Waals surface area contributed by atoms with Crippen LogP contribution in [-0.2, 0) is 11.3 Å². The zero-order valence-corrected chi connectivity index (χ0v) is 11.5. The lowest BCUT2D eigenvalue weighted by atomic mass is 10.2. The van der Waals surface area contributed by atoms with Crippen molar-refractivity contribution in [2.75, 3.05) is 0 Å². The number of benzene rings is 2. The molecule has 0 saturated heterocycles.